The van der Waals surface area contributed by atoms with Gasteiger partial charge in [-0.1, -0.05) is 6.07 Å². The Morgan fingerprint density at radius 1 is 1.44 bits per heavy atom. The van der Waals surface area contributed by atoms with Crippen LogP contribution in [-0.2, 0) is 15.8 Å². The molecule has 0 unspecified atom stereocenters. The van der Waals surface area contributed by atoms with Crippen LogP contribution in [0.5, 0.6) is 5.75 Å². The predicted molar refractivity (Wildman–Crippen MR) is 57.5 cm³/mol. The van der Waals surface area contributed by atoms with E-state index >= 15 is 0 Å². The van der Waals surface area contributed by atoms with Gasteiger partial charge in [0.15, 0.2) is 0 Å². The van der Waals surface area contributed by atoms with Crippen molar-refractivity contribution in [2.24, 2.45) is 5.73 Å². The summed E-state index contributed by atoms with van der Waals surface area (Å²) in [4.78, 5) is 28.5. The largest absolute Gasteiger partial charge is 0.508 e. The molecule has 0 saturated carbocycles. The van der Waals surface area contributed by atoms with Gasteiger partial charge in [-0.25, -0.2) is 0 Å². The molecule has 0 fully saturated rings. The Labute approximate surface area is 91.9 Å². The van der Waals surface area contributed by atoms with Gasteiger partial charge in [0, 0.05) is 0 Å². The molecule has 1 rings (SSSR count). The third-order valence-corrected chi connectivity index (χ3v) is 3.06. The van der Waals surface area contributed by atoms with E-state index in [4.69, 9.17) is 20.6 Å². The monoisotopic (exact) mass is 245 g/mol. The van der Waals surface area contributed by atoms with Crippen LogP contribution >= 0.6 is 7.60 Å². The van der Waals surface area contributed by atoms with Gasteiger partial charge in [0.2, 0.25) is 0 Å². The molecule has 1 aromatic carbocycles. The molecule has 0 bridgehead atoms. The van der Waals surface area contributed by atoms with E-state index in [0.717, 1.165) is 6.07 Å². The lowest BCUT2D eigenvalue weighted by atomic mass is 10.1. The van der Waals surface area contributed by atoms with Gasteiger partial charge in [-0.2, -0.15) is 0 Å². The van der Waals surface area contributed by atoms with Crippen molar-refractivity contribution in [2.45, 2.75) is 12.5 Å². The molecule has 0 radical (unpaired) electrons. The molecule has 88 valence electrons. The van der Waals surface area contributed by atoms with Crippen LogP contribution in [0.4, 0.5) is 0 Å². The number of aromatic hydroxyl groups is 1. The van der Waals surface area contributed by atoms with Crippen LogP contribution in [0.1, 0.15) is 5.56 Å². The van der Waals surface area contributed by atoms with Crippen LogP contribution in [-0.4, -0.2) is 27.2 Å². The zero-order valence-corrected chi connectivity index (χ0v) is 9.17. The lowest BCUT2D eigenvalue weighted by Gasteiger charge is -2.12. The van der Waals surface area contributed by atoms with E-state index in [1.54, 1.807) is 0 Å². The Kier molecular flexibility index (Phi) is 3.83. The van der Waals surface area contributed by atoms with Crippen molar-refractivity contribution in [3.05, 3.63) is 23.8 Å². The van der Waals surface area contributed by atoms with E-state index in [1.807, 2.05) is 0 Å². The fourth-order valence-corrected chi connectivity index (χ4v) is 2.14. The summed E-state index contributed by atoms with van der Waals surface area (Å²) in [5.74, 6) is -0.248. The van der Waals surface area contributed by atoms with Gasteiger partial charge in [-0.05, 0) is 24.1 Å². The highest BCUT2D eigenvalue weighted by Gasteiger charge is 2.22. The lowest BCUT2D eigenvalue weighted by Crippen LogP contribution is -2.27. The summed E-state index contributed by atoms with van der Waals surface area (Å²) >= 11 is 0. The van der Waals surface area contributed by atoms with E-state index in [1.165, 1.54) is 12.1 Å². The van der Waals surface area contributed by atoms with Gasteiger partial charge in [-0.15, -0.1) is 0 Å². The maximum atomic E-state index is 11.1. The minimum absolute atomic E-state index is 0.0181. The number of rotatable bonds is 4. The molecule has 5 N–H and O–H groups in total. The highest BCUT2D eigenvalue weighted by atomic mass is 31.2. The molecule has 0 heterocycles. The number of hydrogen-bond acceptors (Lipinski definition) is 4. The zero-order valence-electron chi connectivity index (χ0n) is 8.28. The Hall–Kier alpha value is -1.20. The molecule has 1 atom stereocenters. The summed E-state index contributed by atoms with van der Waals surface area (Å²) in [7, 11) is -4.48. The molecule has 0 aliphatic heterocycles. The predicted octanol–water partition coefficient (Wildman–Crippen LogP) is -0.736. The first-order valence-electron chi connectivity index (χ1n) is 4.43. The molecule has 0 spiro atoms. The van der Waals surface area contributed by atoms with Crippen LogP contribution in [0.3, 0.4) is 0 Å². The van der Waals surface area contributed by atoms with Gasteiger partial charge >= 0.3 is 7.60 Å². The Morgan fingerprint density at radius 3 is 2.56 bits per heavy atom. The molecule has 0 amide bonds. The van der Waals surface area contributed by atoms with Crippen LogP contribution in [0.2, 0.25) is 0 Å². The molecule has 16 heavy (non-hydrogen) atoms. The number of nitrogens with two attached hydrogens (primary N) is 1. The van der Waals surface area contributed by atoms with Crippen molar-refractivity contribution in [3.8, 4) is 5.75 Å². The van der Waals surface area contributed by atoms with Gasteiger partial charge in [-0.3, -0.25) is 4.57 Å². The summed E-state index contributed by atoms with van der Waals surface area (Å²) in [6.45, 7) is 0. The lowest BCUT2D eigenvalue weighted by molar-refractivity contribution is -0.108. The fourth-order valence-electron chi connectivity index (χ4n) is 1.30. The summed E-state index contributed by atoms with van der Waals surface area (Å²) in [6.07, 6.45) is 0.514. The molecule has 0 aliphatic carbocycles. The van der Waals surface area contributed by atoms with Crippen LogP contribution in [0, 0.1) is 0 Å². The van der Waals surface area contributed by atoms with E-state index in [9.17, 15) is 9.36 Å². The van der Waals surface area contributed by atoms with E-state index < -0.39 is 13.6 Å². The number of carbonyl (C=O) groups is 1. The standard InChI is InChI=1S/C9H12NO5P/c10-7(5-11)3-6-1-2-8(12)4-9(6)16(13,14)15/h1-2,4-5,7,12H,3,10H2,(H2,13,14,15)/t7-/m0/s1. The molecule has 1 aromatic rings. The number of aldehydes is 1. The first kappa shape index (κ1) is 12.9. The number of phenolic OH excluding ortho intramolecular Hbond substituents is 1. The van der Waals surface area contributed by atoms with E-state index in [2.05, 4.69) is 0 Å². The van der Waals surface area contributed by atoms with E-state index in [-0.39, 0.29) is 23.0 Å². The average Bonchev–Trinajstić information content (AvgIpc) is 2.19. The topological polar surface area (TPSA) is 121 Å². The Morgan fingerprint density at radius 2 is 2.06 bits per heavy atom. The maximum absolute atomic E-state index is 11.1. The summed E-state index contributed by atoms with van der Waals surface area (Å²) in [5.41, 5.74) is 5.63. The number of benzene rings is 1. The molecular weight excluding hydrogens is 233 g/mol. The van der Waals surface area contributed by atoms with Crippen LogP contribution in [0.25, 0.3) is 0 Å². The summed E-state index contributed by atoms with van der Waals surface area (Å²) in [6, 6.07) is 2.78. The first-order valence-corrected chi connectivity index (χ1v) is 6.04. The number of hydrogen-bond donors (Lipinski definition) is 4. The molecule has 0 aliphatic rings. The van der Waals surface area contributed by atoms with Crippen molar-refractivity contribution < 1.29 is 24.3 Å². The van der Waals surface area contributed by atoms with Gasteiger partial charge in [0.1, 0.15) is 12.0 Å². The normalized spacial score (nSPS) is 13.4. The summed E-state index contributed by atoms with van der Waals surface area (Å²) in [5, 5.41) is 8.85. The number of carbonyl (C=O) groups excluding carboxylic acids is 1. The second kappa shape index (κ2) is 4.76. The molecule has 6 nitrogen and oxygen atoms in total. The fraction of sp³-hybridized carbons (Fsp3) is 0.222. The minimum atomic E-state index is -4.48. The van der Waals surface area contributed by atoms with Crippen molar-refractivity contribution in [1.29, 1.82) is 0 Å². The molecular formula is C9H12NO5P. The summed E-state index contributed by atoms with van der Waals surface area (Å²) < 4.78 is 11.1. The maximum Gasteiger partial charge on any atom is 0.356 e. The first-order chi connectivity index (χ1) is 7.34. The second-order valence-electron chi connectivity index (χ2n) is 3.36. The minimum Gasteiger partial charge on any atom is -0.508 e. The van der Waals surface area contributed by atoms with Crippen molar-refractivity contribution in [3.63, 3.8) is 0 Å². The van der Waals surface area contributed by atoms with Crippen LogP contribution < -0.4 is 11.0 Å². The smallest absolute Gasteiger partial charge is 0.356 e. The molecule has 7 heteroatoms. The van der Waals surface area contributed by atoms with Crippen molar-refractivity contribution in [2.75, 3.05) is 0 Å². The van der Waals surface area contributed by atoms with Crippen molar-refractivity contribution >= 4 is 19.2 Å². The second-order valence-corrected chi connectivity index (χ2v) is 4.93. The van der Waals surface area contributed by atoms with Crippen LogP contribution in [0.15, 0.2) is 18.2 Å². The molecule has 0 saturated heterocycles. The van der Waals surface area contributed by atoms with Gasteiger partial charge in [0.25, 0.3) is 0 Å². The Balaban J connectivity index is 3.18. The highest BCUT2D eigenvalue weighted by Crippen LogP contribution is 2.36. The number of phenols is 1. The SMILES string of the molecule is N[C@H](C=O)Cc1ccc(O)cc1P(=O)(O)O. The molecule has 0 aromatic heterocycles. The van der Waals surface area contributed by atoms with Gasteiger partial charge in [0.05, 0.1) is 11.3 Å². The van der Waals surface area contributed by atoms with E-state index in [0.29, 0.717) is 6.29 Å². The highest BCUT2D eigenvalue weighted by molar-refractivity contribution is 7.60. The zero-order chi connectivity index (χ0) is 12.3. The van der Waals surface area contributed by atoms with Crippen molar-refractivity contribution in [1.82, 2.24) is 0 Å². The third-order valence-electron chi connectivity index (χ3n) is 2.01. The van der Waals surface area contributed by atoms with Gasteiger partial charge < -0.3 is 25.4 Å². The Bertz CT molecular complexity index is 442. The quantitative estimate of drug-likeness (QED) is 0.409. The third kappa shape index (κ3) is 3.15. The average molecular weight is 245 g/mol.